The summed E-state index contributed by atoms with van der Waals surface area (Å²) in [5, 5.41) is 9.35. The second-order valence-corrected chi connectivity index (χ2v) is 11.3. The van der Waals surface area contributed by atoms with Gasteiger partial charge in [-0.15, -0.1) is 5.10 Å². The van der Waals surface area contributed by atoms with Crippen LogP contribution >= 0.6 is 11.3 Å². The van der Waals surface area contributed by atoms with E-state index < -0.39 is 5.97 Å². The van der Waals surface area contributed by atoms with Gasteiger partial charge in [-0.05, 0) is 61.0 Å². The van der Waals surface area contributed by atoms with Crippen LogP contribution in [0.2, 0.25) is 0 Å². The number of esters is 1. The summed E-state index contributed by atoms with van der Waals surface area (Å²) in [6, 6.07) is 24.7. The summed E-state index contributed by atoms with van der Waals surface area (Å²) in [6.07, 6.45) is 8.35. The molecule has 0 aliphatic carbocycles. The first kappa shape index (κ1) is 29.0. The monoisotopic (exact) mass is 605 g/mol. The molecule has 6 aromatic rings. The Balaban J connectivity index is 1.35. The first-order valence-corrected chi connectivity index (χ1v) is 15.4. The van der Waals surface area contributed by atoms with Crippen molar-refractivity contribution in [1.82, 2.24) is 24.4 Å². The smallest absolute Gasteiger partial charge is 0.308 e. The highest BCUT2D eigenvalue weighted by molar-refractivity contribution is 7.15. The Labute approximate surface area is 258 Å². The molecule has 0 unspecified atom stereocenters. The van der Waals surface area contributed by atoms with Crippen LogP contribution in [0.25, 0.3) is 39.4 Å². The molecule has 0 saturated heterocycles. The summed E-state index contributed by atoms with van der Waals surface area (Å²) < 4.78 is 14.8. The maximum Gasteiger partial charge on any atom is 0.308 e. The summed E-state index contributed by atoms with van der Waals surface area (Å²) in [7, 11) is 0. The minimum atomic E-state index is -0.448. The molecule has 0 amide bonds. The highest BCUT2D eigenvalue weighted by Gasteiger charge is 2.17. The molecule has 0 aliphatic rings. The number of benzene rings is 3. The topological polar surface area (TPSA) is 101 Å². The maximum absolute atomic E-state index is 13.5. The summed E-state index contributed by atoms with van der Waals surface area (Å²) >= 11 is 1.24. The van der Waals surface area contributed by atoms with E-state index in [1.807, 2.05) is 71.6 Å². The first-order valence-electron chi connectivity index (χ1n) is 14.6. The number of aromatic nitrogens is 5. The third kappa shape index (κ3) is 6.30. The van der Waals surface area contributed by atoms with E-state index in [1.54, 1.807) is 24.3 Å². The van der Waals surface area contributed by atoms with Crippen LogP contribution in [-0.4, -0.2) is 37.0 Å². The molecule has 0 aliphatic heterocycles. The van der Waals surface area contributed by atoms with Crippen molar-refractivity contribution in [3.8, 4) is 39.8 Å². The van der Waals surface area contributed by atoms with Gasteiger partial charge in [-0.2, -0.15) is 14.6 Å². The number of hydrogen-bond acceptors (Lipinski definition) is 8. The van der Waals surface area contributed by atoms with E-state index in [4.69, 9.17) is 14.6 Å². The second-order valence-electron chi connectivity index (χ2n) is 10.3. The molecule has 0 saturated carbocycles. The minimum absolute atomic E-state index is 0.293. The number of carbonyl (C=O) groups is 1. The summed E-state index contributed by atoms with van der Waals surface area (Å²) in [5.41, 5.74) is 3.56. The van der Waals surface area contributed by atoms with Gasteiger partial charge in [0.2, 0.25) is 4.96 Å². The van der Waals surface area contributed by atoms with Crippen molar-refractivity contribution in [2.75, 3.05) is 6.61 Å². The molecule has 3 aromatic heterocycles. The molecular formula is C34H31N5O4S. The fourth-order valence-corrected chi connectivity index (χ4v) is 5.74. The van der Waals surface area contributed by atoms with Crippen LogP contribution < -0.4 is 19.6 Å². The standard InChI is InChI=1S/C34H31N5O4S/c1-3-4-5-11-20-42-27-18-16-24(17-19-27)31-25(22-38(36-31)26-12-7-6-8-13-26)21-30-33(41)39-34(44-30)35-32(37-39)28-14-9-10-15-29(28)43-23(2)40/h6-10,12-19,21-22H,3-5,11,20H2,1-2H3. The first-order chi connectivity index (χ1) is 21.5. The van der Waals surface area contributed by atoms with E-state index in [-0.39, 0.29) is 5.56 Å². The Morgan fingerprint density at radius 3 is 2.45 bits per heavy atom. The van der Waals surface area contributed by atoms with E-state index in [0.29, 0.717) is 33.2 Å². The van der Waals surface area contributed by atoms with Gasteiger partial charge in [0.1, 0.15) is 17.2 Å². The van der Waals surface area contributed by atoms with Crippen LogP contribution in [0, 0.1) is 0 Å². The van der Waals surface area contributed by atoms with Gasteiger partial charge in [0.15, 0.2) is 5.82 Å². The van der Waals surface area contributed by atoms with Crippen molar-refractivity contribution in [1.29, 1.82) is 0 Å². The molecule has 0 fully saturated rings. The molecule has 0 bridgehead atoms. The van der Waals surface area contributed by atoms with Crippen molar-refractivity contribution in [2.45, 2.75) is 39.5 Å². The van der Waals surface area contributed by atoms with Gasteiger partial charge in [-0.25, -0.2) is 4.68 Å². The van der Waals surface area contributed by atoms with Crippen LogP contribution in [-0.2, 0) is 4.79 Å². The predicted molar refractivity (Wildman–Crippen MR) is 171 cm³/mol. The summed E-state index contributed by atoms with van der Waals surface area (Å²) in [4.78, 5) is 30.1. The molecular weight excluding hydrogens is 574 g/mol. The van der Waals surface area contributed by atoms with Gasteiger partial charge >= 0.3 is 5.97 Å². The molecule has 44 heavy (non-hydrogen) atoms. The van der Waals surface area contributed by atoms with Crippen LogP contribution in [0.5, 0.6) is 11.5 Å². The van der Waals surface area contributed by atoms with Crippen LogP contribution in [0.15, 0.2) is 89.9 Å². The molecule has 0 N–H and O–H groups in total. The molecule has 222 valence electrons. The fourth-order valence-electron chi connectivity index (χ4n) is 4.84. The number of hydrogen-bond donors (Lipinski definition) is 0. The van der Waals surface area contributed by atoms with Crippen molar-refractivity contribution in [3.63, 3.8) is 0 Å². The third-order valence-corrected chi connectivity index (χ3v) is 7.97. The van der Waals surface area contributed by atoms with Crippen LogP contribution in [0.3, 0.4) is 0 Å². The molecule has 0 spiro atoms. The van der Waals surface area contributed by atoms with Gasteiger partial charge in [-0.3, -0.25) is 9.59 Å². The number of fused-ring (bicyclic) bond motifs is 1. The summed E-state index contributed by atoms with van der Waals surface area (Å²) in [6.45, 7) is 4.22. The molecule has 0 radical (unpaired) electrons. The quantitative estimate of drug-likeness (QED) is 0.0999. The lowest BCUT2D eigenvalue weighted by atomic mass is 10.1. The Kier molecular flexibility index (Phi) is 8.60. The minimum Gasteiger partial charge on any atom is -0.494 e. The highest BCUT2D eigenvalue weighted by Crippen LogP contribution is 2.29. The van der Waals surface area contributed by atoms with Gasteiger partial charge in [0, 0.05) is 24.2 Å². The fraction of sp³-hybridized carbons (Fsp3) is 0.206. The second kappa shape index (κ2) is 13.0. The molecule has 6 rings (SSSR count). The zero-order valence-electron chi connectivity index (χ0n) is 24.5. The van der Waals surface area contributed by atoms with Gasteiger partial charge < -0.3 is 9.47 Å². The van der Waals surface area contributed by atoms with Gasteiger partial charge in [0.25, 0.3) is 5.56 Å². The highest BCUT2D eigenvalue weighted by atomic mass is 32.1. The Morgan fingerprint density at radius 1 is 0.932 bits per heavy atom. The maximum atomic E-state index is 13.5. The summed E-state index contributed by atoms with van der Waals surface area (Å²) in [5.74, 6) is 1.01. The van der Waals surface area contributed by atoms with Gasteiger partial charge in [-0.1, -0.05) is 67.9 Å². The van der Waals surface area contributed by atoms with E-state index in [2.05, 4.69) is 17.0 Å². The molecule has 0 atom stereocenters. The Morgan fingerprint density at radius 2 is 1.70 bits per heavy atom. The van der Waals surface area contributed by atoms with E-state index in [0.717, 1.165) is 41.1 Å². The molecule has 9 nitrogen and oxygen atoms in total. The largest absolute Gasteiger partial charge is 0.494 e. The van der Waals surface area contributed by atoms with Crippen LogP contribution in [0.4, 0.5) is 0 Å². The average Bonchev–Trinajstić information content (AvgIpc) is 3.73. The average molecular weight is 606 g/mol. The lowest BCUT2D eigenvalue weighted by Gasteiger charge is -2.07. The zero-order chi connectivity index (χ0) is 30.5. The number of unbranched alkanes of at least 4 members (excludes halogenated alkanes) is 3. The lowest BCUT2D eigenvalue weighted by Crippen LogP contribution is -2.23. The number of nitrogens with zero attached hydrogens (tertiary/aromatic N) is 5. The van der Waals surface area contributed by atoms with Crippen molar-refractivity contribution in [2.24, 2.45) is 0 Å². The number of thiazole rings is 1. The SMILES string of the molecule is CCCCCCOc1ccc(-c2nn(-c3ccccc3)cc2C=c2sc3nc(-c4ccccc4OC(C)=O)nn3c2=O)cc1. The van der Waals surface area contributed by atoms with E-state index >= 15 is 0 Å². The van der Waals surface area contributed by atoms with Crippen molar-refractivity contribution >= 4 is 28.3 Å². The molecule has 3 heterocycles. The molecule has 3 aromatic carbocycles. The van der Waals surface area contributed by atoms with Gasteiger partial charge in [0.05, 0.1) is 22.4 Å². The third-order valence-electron chi connectivity index (χ3n) is 7.01. The Hall–Kier alpha value is -5.09. The lowest BCUT2D eigenvalue weighted by molar-refractivity contribution is -0.131. The number of rotatable bonds is 11. The Bertz CT molecular complexity index is 2010. The van der Waals surface area contributed by atoms with Crippen LogP contribution in [0.1, 0.15) is 45.1 Å². The zero-order valence-corrected chi connectivity index (χ0v) is 25.3. The number of ether oxygens (including phenoxy) is 2. The van der Waals surface area contributed by atoms with Crippen molar-refractivity contribution in [3.05, 3.63) is 106 Å². The van der Waals surface area contributed by atoms with Crippen molar-refractivity contribution < 1.29 is 14.3 Å². The van der Waals surface area contributed by atoms with E-state index in [9.17, 15) is 9.59 Å². The number of carbonyl (C=O) groups excluding carboxylic acids is 1. The predicted octanol–water partition coefficient (Wildman–Crippen LogP) is 6.10. The molecule has 10 heteroatoms. The van der Waals surface area contributed by atoms with E-state index in [1.165, 1.54) is 35.6 Å². The number of para-hydroxylation sites is 2. The normalized spacial score (nSPS) is 11.7.